The van der Waals surface area contributed by atoms with Gasteiger partial charge in [0.25, 0.3) is 0 Å². The van der Waals surface area contributed by atoms with Crippen molar-refractivity contribution in [1.82, 2.24) is 5.32 Å². The van der Waals surface area contributed by atoms with Gasteiger partial charge in [-0.05, 0) is 56.5 Å². The Balaban J connectivity index is 2.52. The summed E-state index contributed by atoms with van der Waals surface area (Å²) in [7, 11) is 1.62. The largest absolute Gasteiger partial charge is 0.496 e. The molecule has 0 radical (unpaired) electrons. The minimum atomic E-state index is -0.199. The third kappa shape index (κ3) is 4.73. The fraction of sp³-hybridized carbons (Fsp3) is 0.571. The van der Waals surface area contributed by atoms with E-state index in [2.05, 4.69) is 19.2 Å². The van der Waals surface area contributed by atoms with Crippen molar-refractivity contribution in [2.24, 2.45) is 0 Å². The van der Waals surface area contributed by atoms with E-state index in [1.807, 2.05) is 0 Å². The molecule has 0 saturated heterocycles. The standard InChI is InChI=1S/C14H22FNO/c1-4-9-16-11(2)5-6-12-10-13(15)7-8-14(12)17-3/h7-8,10-11,16H,4-6,9H2,1-3H3. The van der Waals surface area contributed by atoms with Crippen molar-refractivity contribution < 1.29 is 9.13 Å². The Hall–Kier alpha value is -1.09. The van der Waals surface area contributed by atoms with E-state index in [-0.39, 0.29) is 5.82 Å². The van der Waals surface area contributed by atoms with Crippen molar-refractivity contribution in [3.05, 3.63) is 29.6 Å². The SMILES string of the molecule is CCCNC(C)CCc1cc(F)ccc1OC. The molecule has 0 heterocycles. The first-order valence-corrected chi connectivity index (χ1v) is 6.23. The van der Waals surface area contributed by atoms with Gasteiger partial charge in [0.05, 0.1) is 7.11 Å². The van der Waals surface area contributed by atoms with E-state index in [9.17, 15) is 4.39 Å². The summed E-state index contributed by atoms with van der Waals surface area (Å²) in [6.45, 7) is 5.33. The summed E-state index contributed by atoms with van der Waals surface area (Å²) >= 11 is 0. The lowest BCUT2D eigenvalue weighted by atomic mass is 10.0. The van der Waals surface area contributed by atoms with Gasteiger partial charge in [0, 0.05) is 6.04 Å². The number of benzene rings is 1. The molecule has 0 aliphatic carbocycles. The quantitative estimate of drug-likeness (QED) is 0.789. The predicted molar refractivity (Wildman–Crippen MR) is 69.0 cm³/mol. The number of ether oxygens (including phenoxy) is 1. The second kappa shape index (κ2) is 7.28. The lowest BCUT2D eigenvalue weighted by Gasteiger charge is -2.14. The van der Waals surface area contributed by atoms with Crippen LogP contribution >= 0.6 is 0 Å². The van der Waals surface area contributed by atoms with E-state index in [1.54, 1.807) is 19.2 Å². The zero-order chi connectivity index (χ0) is 12.7. The van der Waals surface area contributed by atoms with Crippen molar-refractivity contribution in [1.29, 1.82) is 0 Å². The first kappa shape index (κ1) is 14.0. The minimum Gasteiger partial charge on any atom is -0.496 e. The predicted octanol–water partition coefficient (Wildman–Crippen LogP) is 3.16. The molecule has 0 fully saturated rings. The normalized spacial score (nSPS) is 12.5. The van der Waals surface area contributed by atoms with Crippen LogP contribution in [0.25, 0.3) is 0 Å². The van der Waals surface area contributed by atoms with Gasteiger partial charge in [0.2, 0.25) is 0 Å². The Morgan fingerprint density at radius 3 is 2.82 bits per heavy atom. The van der Waals surface area contributed by atoms with Crippen LogP contribution in [-0.4, -0.2) is 19.7 Å². The van der Waals surface area contributed by atoms with Gasteiger partial charge < -0.3 is 10.1 Å². The van der Waals surface area contributed by atoms with Crippen molar-refractivity contribution in [3.63, 3.8) is 0 Å². The lowest BCUT2D eigenvalue weighted by Crippen LogP contribution is -2.27. The molecule has 96 valence electrons. The van der Waals surface area contributed by atoms with Crippen molar-refractivity contribution in [2.45, 2.75) is 39.2 Å². The van der Waals surface area contributed by atoms with Crippen LogP contribution in [0.15, 0.2) is 18.2 Å². The zero-order valence-electron chi connectivity index (χ0n) is 10.9. The average Bonchev–Trinajstić information content (AvgIpc) is 2.34. The first-order valence-electron chi connectivity index (χ1n) is 6.23. The molecule has 0 aliphatic rings. The maximum absolute atomic E-state index is 13.1. The number of rotatable bonds is 7. The monoisotopic (exact) mass is 239 g/mol. The van der Waals surface area contributed by atoms with Crippen molar-refractivity contribution >= 4 is 0 Å². The van der Waals surface area contributed by atoms with Crippen LogP contribution in [0.2, 0.25) is 0 Å². The summed E-state index contributed by atoms with van der Waals surface area (Å²) in [6.07, 6.45) is 2.95. The van der Waals surface area contributed by atoms with Crippen LogP contribution in [-0.2, 0) is 6.42 Å². The van der Waals surface area contributed by atoms with Crippen LogP contribution in [0.5, 0.6) is 5.75 Å². The number of methoxy groups -OCH3 is 1. The molecule has 1 aromatic rings. The molecule has 2 nitrogen and oxygen atoms in total. The lowest BCUT2D eigenvalue weighted by molar-refractivity contribution is 0.405. The summed E-state index contributed by atoms with van der Waals surface area (Å²) in [5.41, 5.74) is 0.942. The van der Waals surface area contributed by atoms with E-state index >= 15 is 0 Å². The molecule has 0 amide bonds. The molecular weight excluding hydrogens is 217 g/mol. The van der Waals surface area contributed by atoms with Gasteiger partial charge in [-0.2, -0.15) is 0 Å². The fourth-order valence-electron chi connectivity index (χ4n) is 1.81. The van der Waals surface area contributed by atoms with Gasteiger partial charge in [0.15, 0.2) is 0 Å². The molecule has 0 bridgehead atoms. The maximum atomic E-state index is 13.1. The smallest absolute Gasteiger partial charge is 0.123 e. The summed E-state index contributed by atoms with van der Waals surface area (Å²) in [5, 5.41) is 3.42. The van der Waals surface area contributed by atoms with Gasteiger partial charge in [0.1, 0.15) is 11.6 Å². The van der Waals surface area contributed by atoms with Crippen LogP contribution in [0.4, 0.5) is 4.39 Å². The molecule has 0 saturated carbocycles. The Morgan fingerprint density at radius 1 is 1.41 bits per heavy atom. The van der Waals surface area contributed by atoms with E-state index in [1.165, 1.54) is 6.07 Å². The second-order valence-electron chi connectivity index (χ2n) is 4.35. The van der Waals surface area contributed by atoms with Crippen LogP contribution in [0.1, 0.15) is 32.3 Å². The minimum absolute atomic E-state index is 0.199. The molecule has 1 atom stereocenters. The molecule has 1 rings (SSSR count). The van der Waals surface area contributed by atoms with Gasteiger partial charge in [-0.1, -0.05) is 6.92 Å². The summed E-state index contributed by atoms with van der Waals surface area (Å²) in [6, 6.07) is 5.13. The molecule has 1 N–H and O–H groups in total. The average molecular weight is 239 g/mol. The summed E-state index contributed by atoms with van der Waals surface area (Å²) < 4.78 is 18.4. The van der Waals surface area contributed by atoms with E-state index < -0.39 is 0 Å². The molecule has 1 aromatic carbocycles. The van der Waals surface area contributed by atoms with Gasteiger partial charge in [-0.3, -0.25) is 0 Å². The molecule has 1 unspecified atom stereocenters. The number of aryl methyl sites for hydroxylation is 1. The molecular formula is C14H22FNO. The fourth-order valence-corrected chi connectivity index (χ4v) is 1.81. The van der Waals surface area contributed by atoms with E-state index in [4.69, 9.17) is 4.74 Å². The topological polar surface area (TPSA) is 21.3 Å². The van der Waals surface area contributed by atoms with Gasteiger partial charge in [-0.25, -0.2) is 4.39 Å². The van der Waals surface area contributed by atoms with Crippen molar-refractivity contribution in [2.75, 3.05) is 13.7 Å². The second-order valence-corrected chi connectivity index (χ2v) is 4.35. The number of halogens is 1. The highest BCUT2D eigenvalue weighted by Gasteiger charge is 2.07. The van der Waals surface area contributed by atoms with Crippen LogP contribution in [0, 0.1) is 5.82 Å². The Morgan fingerprint density at radius 2 is 2.18 bits per heavy atom. The highest BCUT2D eigenvalue weighted by Crippen LogP contribution is 2.21. The highest BCUT2D eigenvalue weighted by atomic mass is 19.1. The molecule has 0 spiro atoms. The molecule has 0 aromatic heterocycles. The number of hydrogen-bond donors (Lipinski definition) is 1. The van der Waals surface area contributed by atoms with Gasteiger partial charge >= 0.3 is 0 Å². The third-order valence-corrected chi connectivity index (χ3v) is 2.83. The number of nitrogens with one attached hydrogen (secondary N) is 1. The Labute approximate surface area is 103 Å². The van der Waals surface area contributed by atoms with Gasteiger partial charge in [-0.15, -0.1) is 0 Å². The molecule has 3 heteroatoms. The Kier molecular flexibility index (Phi) is 5.98. The molecule has 17 heavy (non-hydrogen) atoms. The Bertz CT molecular complexity index is 341. The van der Waals surface area contributed by atoms with Crippen LogP contribution in [0.3, 0.4) is 0 Å². The highest BCUT2D eigenvalue weighted by molar-refractivity contribution is 5.34. The van der Waals surface area contributed by atoms with Crippen LogP contribution < -0.4 is 10.1 Å². The maximum Gasteiger partial charge on any atom is 0.123 e. The summed E-state index contributed by atoms with van der Waals surface area (Å²) in [4.78, 5) is 0. The third-order valence-electron chi connectivity index (χ3n) is 2.83. The number of hydrogen-bond acceptors (Lipinski definition) is 2. The summed E-state index contributed by atoms with van der Waals surface area (Å²) in [5.74, 6) is 0.573. The van der Waals surface area contributed by atoms with E-state index in [0.717, 1.165) is 37.1 Å². The zero-order valence-corrected chi connectivity index (χ0v) is 10.9. The molecule has 0 aliphatic heterocycles. The first-order chi connectivity index (χ1) is 8.17. The van der Waals surface area contributed by atoms with Crippen molar-refractivity contribution in [3.8, 4) is 5.75 Å². The van der Waals surface area contributed by atoms with E-state index in [0.29, 0.717) is 6.04 Å².